The second-order valence-electron chi connectivity index (χ2n) is 7.50. The van der Waals surface area contributed by atoms with Crippen molar-refractivity contribution in [1.82, 2.24) is 15.1 Å². The lowest BCUT2D eigenvalue weighted by Gasteiger charge is -2.37. The Labute approximate surface area is 172 Å². The van der Waals surface area contributed by atoms with Gasteiger partial charge in [-0.1, -0.05) is 11.6 Å². The van der Waals surface area contributed by atoms with E-state index in [0.29, 0.717) is 23.0 Å². The van der Waals surface area contributed by atoms with Crippen LogP contribution in [0.1, 0.15) is 26.3 Å². The summed E-state index contributed by atoms with van der Waals surface area (Å²) in [6, 6.07) is 3.38. The van der Waals surface area contributed by atoms with Crippen molar-refractivity contribution in [2.24, 2.45) is 0 Å². The molecule has 2 amide bonds. The number of carbonyl (C=O) groups is 2. The number of benzene rings is 1. The molecule has 1 heterocycles. The van der Waals surface area contributed by atoms with Crippen LogP contribution in [0.2, 0.25) is 5.02 Å². The number of carbonyl (C=O) groups excluding carboxylic acids is 2. The number of amides is 2. The molecule has 1 unspecified atom stereocenters. The summed E-state index contributed by atoms with van der Waals surface area (Å²) in [6.45, 7) is 11.1. The maximum atomic E-state index is 12.7. The van der Waals surface area contributed by atoms with Gasteiger partial charge in [0.1, 0.15) is 5.75 Å². The Hall–Kier alpha value is -1.83. The minimum absolute atomic E-state index is 0.0412. The molecule has 2 rings (SSSR count). The first kappa shape index (κ1) is 22.5. The molecule has 0 aromatic heterocycles. The summed E-state index contributed by atoms with van der Waals surface area (Å²) in [5.41, 5.74) is 1.49. The normalized spacial score (nSPS) is 16.7. The van der Waals surface area contributed by atoms with Gasteiger partial charge in [-0.3, -0.25) is 19.4 Å². The number of rotatable bonds is 7. The van der Waals surface area contributed by atoms with Crippen molar-refractivity contribution >= 4 is 29.1 Å². The maximum absolute atomic E-state index is 12.7. The zero-order chi connectivity index (χ0) is 20.8. The number of ether oxygens (including phenoxy) is 1. The number of anilines is 1. The maximum Gasteiger partial charge on any atom is 0.241 e. The fourth-order valence-electron chi connectivity index (χ4n) is 3.21. The van der Waals surface area contributed by atoms with Crippen molar-refractivity contribution < 1.29 is 14.3 Å². The summed E-state index contributed by atoms with van der Waals surface area (Å²) in [7, 11) is 1.55. The molecule has 0 bridgehead atoms. The van der Waals surface area contributed by atoms with Crippen molar-refractivity contribution in [3.63, 3.8) is 0 Å². The van der Waals surface area contributed by atoms with Crippen LogP contribution in [0.3, 0.4) is 0 Å². The van der Waals surface area contributed by atoms with E-state index in [2.05, 4.69) is 20.4 Å². The highest BCUT2D eigenvalue weighted by molar-refractivity contribution is 6.31. The molecule has 156 valence electrons. The number of aryl methyl sites for hydroxylation is 1. The summed E-state index contributed by atoms with van der Waals surface area (Å²) >= 11 is 6.13. The summed E-state index contributed by atoms with van der Waals surface area (Å²) < 4.78 is 5.33. The first-order valence-corrected chi connectivity index (χ1v) is 9.99. The van der Waals surface area contributed by atoms with Crippen molar-refractivity contribution in [2.45, 2.75) is 39.8 Å². The Kier molecular flexibility index (Phi) is 8.10. The van der Waals surface area contributed by atoms with Gasteiger partial charge in [0.25, 0.3) is 0 Å². The van der Waals surface area contributed by atoms with Gasteiger partial charge >= 0.3 is 0 Å². The van der Waals surface area contributed by atoms with E-state index in [9.17, 15) is 9.59 Å². The third-order valence-electron chi connectivity index (χ3n) is 4.89. The Morgan fingerprint density at radius 1 is 1.18 bits per heavy atom. The van der Waals surface area contributed by atoms with Crippen LogP contribution >= 0.6 is 11.6 Å². The predicted octanol–water partition coefficient (Wildman–Crippen LogP) is 2.13. The number of methoxy groups -OCH3 is 1. The fraction of sp³-hybridized carbons (Fsp3) is 0.600. The number of hydrogen-bond acceptors (Lipinski definition) is 5. The zero-order valence-electron chi connectivity index (χ0n) is 17.3. The third kappa shape index (κ3) is 6.09. The summed E-state index contributed by atoms with van der Waals surface area (Å²) in [5.74, 6) is 0.489. The average molecular weight is 411 g/mol. The van der Waals surface area contributed by atoms with Crippen LogP contribution in [0.5, 0.6) is 5.75 Å². The highest BCUT2D eigenvalue weighted by Crippen LogP contribution is 2.31. The van der Waals surface area contributed by atoms with Gasteiger partial charge in [0, 0.05) is 43.3 Å². The molecule has 1 aliphatic heterocycles. The van der Waals surface area contributed by atoms with Crippen molar-refractivity contribution in [3.05, 3.63) is 22.7 Å². The molecule has 1 fully saturated rings. The summed E-state index contributed by atoms with van der Waals surface area (Å²) in [4.78, 5) is 28.9. The smallest absolute Gasteiger partial charge is 0.241 e. The molecular weight excluding hydrogens is 380 g/mol. The largest absolute Gasteiger partial charge is 0.495 e. The van der Waals surface area contributed by atoms with Crippen LogP contribution in [-0.2, 0) is 9.59 Å². The molecule has 7 nitrogen and oxygen atoms in total. The molecule has 1 aromatic carbocycles. The van der Waals surface area contributed by atoms with Crippen LogP contribution < -0.4 is 15.4 Å². The monoisotopic (exact) mass is 410 g/mol. The van der Waals surface area contributed by atoms with E-state index in [1.54, 1.807) is 13.2 Å². The SMILES string of the molecule is COc1cc(Cl)c(C)cc1NC(=O)C(C)N1CCN(CC(=O)NC(C)C)CC1. The van der Waals surface area contributed by atoms with E-state index >= 15 is 0 Å². The molecule has 2 N–H and O–H groups in total. The number of piperazine rings is 1. The predicted molar refractivity (Wildman–Crippen MR) is 112 cm³/mol. The molecule has 0 aliphatic carbocycles. The minimum atomic E-state index is -0.285. The van der Waals surface area contributed by atoms with E-state index in [1.165, 1.54) is 0 Å². The first-order valence-electron chi connectivity index (χ1n) is 9.62. The fourth-order valence-corrected chi connectivity index (χ4v) is 3.37. The van der Waals surface area contributed by atoms with E-state index < -0.39 is 0 Å². The number of halogens is 1. The quantitative estimate of drug-likeness (QED) is 0.720. The van der Waals surface area contributed by atoms with Crippen molar-refractivity contribution in [2.75, 3.05) is 45.2 Å². The van der Waals surface area contributed by atoms with Crippen molar-refractivity contribution in [1.29, 1.82) is 0 Å². The van der Waals surface area contributed by atoms with Gasteiger partial charge in [-0.05, 0) is 39.3 Å². The average Bonchev–Trinajstić information content (AvgIpc) is 2.63. The standard InChI is InChI=1S/C20H31ClN4O3/c1-13(2)22-19(26)12-24-6-8-25(9-7-24)15(4)20(27)23-17-10-14(3)16(21)11-18(17)28-5/h10-11,13,15H,6-9,12H2,1-5H3,(H,22,26)(H,23,27). The topological polar surface area (TPSA) is 73.9 Å². The Balaban J connectivity index is 1.90. The van der Waals surface area contributed by atoms with Gasteiger partial charge in [-0.15, -0.1) is 0 Å². The Morgan fingerprint density at radius 2 is 1.82 bits per heavy atom. The Morgan fingerprint density at radius 3 is 2.39 bits per heavy atom. The van der Waals surface area contributed by atoms with Gasteiger partial charge < -0.3 is 15.4 Å². The van der Waals surface area contributed by atoms with Crippen molar-refractivity contribution in [3.8, 4) is 5.75 Å². The lowest BCUT2D eigenvalue weighted by atomic mass is 10.1. The van der Waals surface area contributed by atoms with E-state index in [-0.39, 0.29) is 23.9 Å². The van der Waals surface area contributed by atoms with Crippen LogP contribution in [0, 0.1) is 6.92 Å². The van der Waals surface area contributed by atoms with E-state index in [4.69, 9.17) is 16.3 Å². The molecule has 1 saturated heterocycles. The molecule has 1 aliphatic rings. The van der Waals surface area contributed by atoms with Crippen LogP contribution in [-0.4, -0.2) is 73.5 Å². The molecule has 0 saturated carbocycles. The Bertz CT molecular complexity index is 703. The van der Waals surface area contributed by atoms with Crippen LogP contribution in [0.15, 0.2) is 12.1 Å². The lowest BCUT2D eigenvalue weighted by Crippen LogP contribution is -2.54. The third-order valence-corrected chi connectivity index (χ3v) is 5.30. The molecule has 1 aromatic rings. The second kappa shape index (κ2) is 10.1. The number of nitrogens with zero attached hydrogens (tertiary/aromatic N) is 2. The zero-order valence-corrected chi connectivity index (χ0v) is 18.1. The molecule has 8 heteroatoms. The number of nitrogens with one attached hydrogen (secondary N) is 2. The van der Waals surface area contributed by atoms with E-state index in [1.807, 2.05) is 33.8 Å². The molecule has 0 spiro atoms. The van der Waals surface area contributed by atoms with Crippen LogP contribution in [0.25, 0.3) is 0 Å². The van der Waals surface area contributed by atoms with Gasteiger partial charge in [0.15, 0.2) is 0 Å². The molecule has 0 radical (unpaired) electrons. The summed E-state index contributed by atoms with van der Waals surface area (Å²) in [5, 5.41) is 6.46. The number of hydrogen-bond donors (Lipinski definition) is 2. The highest BCUT2D eigenvalue weighted by Gasteiger charge is 2.27. The highest BCUT2D eigenvalue weighted by atomic mass is 35.5. The lowest BCUT2D eigenvalue weighted by molar-refractivity contribution is -0.125. The minimum Gasteiger partial charge on any atom is -0.495 e. The second-order valence-corrected chi connectivity index (χ2v) is 7.91. The van der Waals surface area contributed by atoms with Gasteiger partial charge in [-0.2, -0.15) is 0 Å². The van der Waals surface area contributed by atoms with Gasteiger partial charge in [0.05, 0.1) is 25.4 Å². The van der Waals surface area contributed by atoms with Gasteiger partial charge in [-0.25, -0.2) is 0 Å². The van der Waals surface area contributed by atoms with Gasteiger partial charge in [0.2, 0.25) is 11.8 Å². The molecular formula is C20H31ClN4O3. The molecule has 28 heavy (non-hydrogen) atoms. The van der Waals surface area contributed by atoms with Crippen LogP contribution in [0.4, 0.5) is 5.69 Å². The first-order chi connectivity index (χ1) is 13.2. The van der Waals surface area contributed by atoms with E-state index in [0.717, 1.165) is 31.7 Å². The molecule has 1 atom stereocenters. The summed E-state index contributed by atoms with van der Waals surface area (Å²) in [6.07, 6.45) is 0.